The Labute approximate surface area is 203 Å². The highest BCUT2D eigenvalue weighted by Gasteiger charge is 2.45. The van der Waals surface area contributed by atoms with E-state index in [9.17, 15) is 14.7 Å². The molecule has 1 atom stereocenters. The van der Waals surface area contributed by atoms with E-state index in [-0.39, 0.29) is 11.3 Å². The molecule has 1 saturated heterocycles. The van der Waals surface area contributed by atoms with Crippen molar-refractivity contribution < 1.29 is 24.2 Å². The summed E-state index contributed by atoms with van der Waals surface area (Å²) < 4.78 is 12.7. The first-order chi connectivity index (χ1) is 17.0. The third-order valence-electron chi connectivity index (χ3n) is 5.84. The van der Waals surface area contributed by atoms with E-state index in [1.54, 1.807) is 74.2 Å². The molecule has 4 rings (SSSR count). The first kappa shape index (κ1) is 23.8. The van der Waals surface area contributed by atoms with Gasteiger partial charge in [0.25, 0.3) is 11.7 Å². The van der Waals surface area contributed by atoms with Gasteiger partial charge >= 0.3 is 0 Å². The topological polar surface area (TPSA) is 93.9 Å². The maximum Gasteiger partial charge on any atom is 0.295 e. The molecule has 2 aromatic carbocycles. The van der Waals surface area contributed by atoms with Crippen molar-refractivity contribution in [1.29, 1.82) is 0 Å². The van der Waals surface area contributed by atoms with Crippen molar-refractivity contribution in [1.82, 2.24) is 14.5 Å². The fourth-order valence-corrected chi connectivity index (χ4v) is 4.11. The van der Waals surface area contributed by atoms with Gasteiger partial charge in [0, 0.05) is 31.0 Å². The number of aryl methyl sites for hydroxylation is 1. The van der Waals surface area contributed by atoms with Crippen molar-refractivity contribution in [2.45, 2.75) is 19.0 Å². The molecule has 0 aliphatic carbocycles. The van der Waals surface area contributed by atoms with Gasteiger partial charge in [-0.1, -0.05) is 24.8 Å². The molecule has 2 heterocycles. The number of likely N-dealkylation sites (tertiary alicyclic amines) is 1. The second kappa shape index (κ2) is 10.7. The number of aliphatic hydroxyl groups excluding tert-OH is 1. The van der Waals surface area contributed by atoms with Crippen LogP contribution in [0.2, 0.25) is 0 Å². The van der Waals surface area contributed by atoms with E-state index in [1.807, 2.05) is 10.8 Å². The maximum atomic E-state index is 13.2. The molecule has 0 spiro atoms. The number of rotatable bonds is 10. The van der Waals surface area contributed by atoms with Crippen LogP contribution in [0.3, 0.4) is 0 Å². The monoisotopic (exact) mass is 473 g/mol. The summed E-state index contributed by atoms with van der Waals surface area (Å²) in [7, 11) is 1.55. The Bertz CT molecular complexity index is 1210. The first-order valence-corrected chi connectivity index (χ1v) is 11.3. The maximum absolute atomic E-state index is 13.2. The van der Waals surface area contributed by atoms with Gasteiger partial charge in [-0.15, -0.1) is 0 Å². The highest BCUT2D eigenvalue weighted by atomic mass is 16.5. The Morgan fingerprint density at radius 3 is 2.43 bits per heavy atom. The molecule has 0 bridgehead atoms. The van der Waals surface area contributed by atoms with Crippen LogP contribution in [-0.4, -0.2) is 51.5 Å². The van der Waals surface area contributed by atoms with E-state index in [4.69, 9.17) is 9.47 Å². The number of hydrogen-bond acceptors (Lipinski definition) is 6. The summed E-state index contributed by atoms with van der Waals surface area (Å²) >= 11 is 0. The van der Waals surface area contributed by atoms with Crippen LogP contribution < -0.4 is 9.47 Å². The van der Waals surface area contributed by atoms with Gasteiger partial charge in [-0.25, -0.2) is 4.98 Å². The van der Waals surface area contributed by atoms with E-state index in [2.05, 4.69) is 11.6 Å². The lowest BCUT2D eigenvalue weighted by atomic mass is 9.95. The number of benzene rings is 2. The zero-order chi connectivity index (χ0) is 24.8. The average molecular weight is 474 g/mol. The Balaban J connectivity index is 1.70. The predicted molar refractivity (Wildman–Crippen MR) is 131 cm³/mol. The van der Waals surface area contributed by atoms with Gasteiger partial charge in [0.1, 0.15) is 23.9 Å². The lowest BCUT2D eigenvalue weighted by molar-refractivity contribution is -0.139. The number of Topliss-reactive ketones (excluding diaryl/α,β-unsaturated/α-hetero) is 1. The lowest BCUT2D eigenvalue weighted by Crippen LogP contribution is -2.31. The number of nitrogens with zero attached hydrogens (tertiary/aromatic N) is 3. The van der Waals surface area contributed by atoms with E-state index in [1.165, 1.54) is 4.90 Å². The van der Waals surface area contributed by atoms with E-state index in [0.29, 0.717) is 48.7 Å². The molecule has 3 aromatic rings. The number of carbonyl (C=O) groups is 2. The molecular weight excluding hydrogens is 446 g/mol. The van der Waals surface area contributed by atoms with Crippen LogP contribution in [0.5, 0.6) is 11.5 Å². The lowest BCUT2D eigenvalue weighted by Gasteiger charge is -2.25. The highest BCUT2D eigenvalue weighted by molar-refractivity contribution is 6.46. The Morgan fingerprint density at radius 2 is 1.80 bits per heavy atom. The number of methoxy groups -OCH3 is 1. The second-order valence-corrected chi connectivity index (χ2v) is 8.04. The van der Waals surface area contributed by atoms with E-state index in [0.717, 1.165) is 0 Å². The predicted octanol–water partition coefficient (Wildman–Crippen LogP) is 3.97. The molecule has 0 saturated carbocycles. The minimum atomic E-state index is -0.728. The van der Waals surface area contributed by atoms with Gasteiger partial charge in [0.2, 0.25) is 0 Å². The number of amides is 1. The minimum absolute atomic E-state index is 0.0579. The zero-order valence-corrected chi connectivity index (χ0v) is 19.5. The number of aromatic nitrogens is 2. The van der Waals surface area contributed by atoms with Gasteiger partial charge in [0.05, 0.1) is 25.1 Å². The molecule has 180 valence electrons. The van der Waals surface area contributed by atoms with Crippen molar-refractivity contribution in [2.75, 3.05) is 20.3 Å². The number of imidazole rings is 1. The standard InChI is InChI=1S/C27H27N3O5/c1-3-17-35-22-11-5-19(6-12-22)24-23(25(31)20-7-9-21(34-2)10-8-20)26(32)27(33)30(24)15-4-14-29-16-13-28-18-29/h3,5-13,16,18,24,31H,1,4,14-15,17H2,2H3. The van der Waals surface area contributed by atoms with Crippen LogP contribution in [-0.2, 0) is 16.1 Å². The molecule has 1 aromatic heterocycles. The van der Waals surface area contributed by atoms with Crippen molar-refractivity contribution >= 4 is 17.4 Å². The Hall–Kier alpha value is -4.33. The summed E-state index contributed by atoms with van der Waals surface area (Å²) in [6, 6.07) is 13.1. The molecule has 1 unspecified atom stereocenters. The molecule has 0 radical (unpaired) electrons. The Morgan fingerprint density at radius 1 is 1.09 bits per heavy atom. The summed E-state index contributed by atoms with van der Waals surface area (Å²) in [6.45, 7) is 4.99. The van der Waals surface area contributed by atoms with Gasteiger partial charge in [-0.05, 0) is 48.4 Å². The van der Waals surface area contributed by atoms with Gasteiger partial charge < -0.3 is 24.0 Å². The second-order valence-electron chi connectivity index (χ2n) is 8.04. The largest absolute Gasteiger partial charge is 0.507 e. The van der Waals surface area contributed by atoms with Crippen LogP contribution in [0.4, 0.5) is 0 Å². The number of carbonyl (C=O) groups excluding carboxylic acids is 2. The van der Waals surface area contributed by atoms with Crippen LogP contribution >= 0.6 is 0 Å². The molecular formula is C27H27N3O5. The summed E-state index contributed by atoms with van der Waals surface area (Å²) in [4.78, 5) is 31.8. The van der Waals surface area contributed by atoms with Crippen LogP contribution in [0.15, 0.2) is 85.5 Å². The molecule has 35 heavy (non-hydrogen) atoms. The van der Waals surface area contributed by atoms with Gasteiger partial charge in [-0.3, -0.25) is 9.59 Å². The third-order valence-corrected chi connectivity index (χ3v) is 5.84. The van der Waals surface area contributed by atoms with Crippen molar-refractivity contribution in [3.05, 3.63) is 96.6 Å². The number of ether oxygens (including phenoxy) is 2. The number of hydrogen-bond donors (Lipinski definition) is 1. The van der Waals surface area contributed by atoms with Crippen molar-refractivity contribution in [3.63, 3.8) is 0 Å². The minimum Gasteiger partial charge on any atom is -0.507 e. The van der Waals surface area contributed by atoms with Crippen LogP contribution in [0, 0.1) is 0 Å². The normalized spacial score (nSPS) is 16.9. The SMILES string of the molecule is C=CCOc1ccc(C2C(=C(O)c3ccc(OC)cc3)C(=O)C(=O)N2CCCn2ccnc2)cc1. The molecule has 1 aliphatic rings. The molecule has 1 N–H and O–H groups in total. The summed E-state index contributed by atoms with van der Waals surface area (Å²) in [6.07, 6.45) is 7.51. The quantitative estimate of drug-likeness (QED) is 0.207. The molecule has 8 heteroatoms. The van der Waals surface area contributed by atoms with Crippen LogP contribution in [0.25, 0.3) is 5.76 Å². The van der Waals surface area contributed by atoms with E-state index < -0.39 is 17.7 Å². The van der Waals surface area contributed by atoms with Crippen LogP contribution in [0.1, 0.15) is 23.6 Å². The van der Waals surface area contributed by atoms with Gasteiger partial charge in [0.15, 0.2) is 0 Å². The first-order valence-electron chi connectivity index (χ1n) is 11.3. The van der Waals surface area contributed by atoms with Crippen molar-refractivity contribution in [3.8, 4) is 11.5 Å². The molecule has 1 aliphatic heterocycles. The van der Waals surface area contributed by atoms with E-state index >= 15 is 0 Å². The molecule has 1 amide bonds. The Kier molecular flexibility index (Phi) is 7.30. The van der Waals surface area contributed by atoms with Gasteiger partial charge in [-0.2, -0.15) is 0 Å². The average Bonchev–Trinajstić information content (AvgIpc) is 3.50. The summed E-state index contributed by atoms with van der Waals surface area (Å²) in [5.41, 5.74) is 1.19. The van der Waals surface area contributed by atoms with Crippen molar-refractivity contribution in [2.24, 2.45) is 0 Å². The fraction of sp³-hybridized carbons (Fsp3) is 0.222. The third kappa shape index (κ3) is 5.11. The summed E-state index contributed by atoms with van der Waals surface area (Å²) in [5, 5.41) is 11.2. The molecule has 1 fully saturated rings. The summed E-state index contributed by atoms with van der Waals surface area (Å²) in [5.74, 6) is -0.310. The smallest absolute Gasteiger partial charge is 0.295 e. The fourth-order valence-electron chi connectivity index (χ4n) is 4.11. The zero-order valence-electron chi connectivity index (χ0n) is 19.5. The number of aliphatic hydroxyl groups is 1. The number of ketones is 1. The highest BCUT2D eigenvalue weighted by Crippen LogP contribution is 2.40. The molecule has 8 nitrogen and oxygen atoms in total.